The third kappa shape index (κ3) is 8.86. The Morgan fingerprint density at radius 3 is 2.10 bits per heavy atom. The van der Waals surface area contributed by atoms with Crippen LogP contribution in [0.25, 0.3) is 0 Å². The molecule has 3 heteroatoms. The zero-order chi connectivity index (χ0) is 15.2. The molecule has 0 unspecified atom stereocenters. The van der Waals surface area contributed by atoms with Gasteiger partial charge in [0.05, 0.1) is 6.07 Å². The van der Waals surface area contributed by atoms with Gasteiger partial charge in [0.15, 0.2) is 0 Å². The molecule has 0 aliphatic heterocycles. The fraction of sp³-hybridized carbons (Fsp3) is 0.556. The van der Waals surface area contributed by atoms with Crippen LogP contribution < -0.4 is 5.32 Å². The van der Waals surface area contributed by atoms with Crippen molar-refractivity contribution in [3.05, 3.63) is 35.9 Å². The second-order valence-electron chi connectivity index (χ2n) is 5.36. The lowest BCUT2D eigenvalue weighted by Crippen LogP contribution is -2.24. The fourth-order valence-corrected chi connectivity index (χ4v) is 2.28. The van der Waals surface area contributed by atoms with Crippen molar-refractivity contribution in [2.24, 2.45) is 0 Å². The van der Waals surface area contributed by atoms with Gasteiger partial charge in [-0.2, -0.15) is 5.26 Å². The van der Waals surface area contributed by atoms with Gasteiger partial charge in [0.25, 0.3) is 5.91 Å². The number of nitrogens with zero attached hydrogens (tertiary/aromatic N) is 1. The minimum Gasteiger partial charge on any atom is -0.352 e. The Kier molecular flexibility index (Phi) is 9.82. The van der Waals surface area contributed by atoms with Crippen molar-refractivity contribution < 1.29 is 4.79 Å². The summed E-state index contributed by atoms with van der Waals surface area (Å²) in [6, 6.07) is 11.5. The van der Waals surface area contributed by atoms with E-state index in [9.17, 15) is 4.79 Å². The van der Waals surface area contributed by atoms with Crippen LogP contribution in [0.1, 0.15) is 68.1 Å². The van der Waals surface area contributed by atoms with Crippen LogP contribution >= 0.6 is 0 Å². The largest absolute Gasteiger partial charge is 0.352 e. The molecule has 0 saturated carbocycles. The lowest BCUT2D eigenvalue weighted by Gasteiger charge is -2.05. The van der Waals surface area contributed by atoms with Crippen LogP contribution in [0.4, 0.5) is 0 Å². The molecular weight excluding hydrogens is 260 g/mol. The van der Waals surface area contributed by atoms with Crippen LogP contribution in [0.2, 0.25) is 0 Å². The van der Waals surface area contributed by atoms with Gasteiger partial charge in [-0.25, -0.2) is 0 Å². The molecule has 1 amide bonds. The molecule has 1 aromatic carbocycles. The maximum atomic E-state index is 11.8. The van der Waals surface area contributed by atoms with Gasteiger partial charge in [-0.3, -0.25) is 4.79 Å². The highest BCUT2D eigenvalue weighted by atomic mass is 16.1. The minimum absolute atomic E-state index is 0.0214. The number of unbranched alkanes of at least 4 members (excludes halogenated alkanes) is 8. The van der Waals surface area contributed by atoms with Crippen molar-refractivity contribution in [3.63, 3.8) is 0 Å². The molecule has 3 nitrogen and oxygen atoms in total. The molecule has 1 N–H and O–H groups in total. The van der Waals surface area contributed by atoms with E-state index >= 15 is 0 Å². The summed E-state index contributed by atoms with van der Waals surface area (Å²) >= 11 is 0. The first kappa shape index (κ1) is 17.2. The average molecular weight is 286 g/mol. The van der Waals surface area contributed by atoms with Gasteiger partial charge in [0, 0.05) is 18.5 Å². The Bertz CT molecular complexity index is 423. The summed E-state index contributed by atoms with van der Waals surface area (Å²) in [6.07, 6.45) is 10.1. The molecular formula is C18H26N2O. The Balaban J connectivity index is 1.89. The molecule has 0 aliphatic carbocycles. The SMILES string of the molecule is N#CCCCCCCCCCCNC(=O)c1ccccc1. The first-order chi connectivity index (χ1) is 10.3. The fourth-order valence-electron chi connectivity index (χ4n) is 2.28. The molecule has 0 aliphatic rings. The number of amides is 1. The van der Waals surface area contributed by atoms with Gasteiger partial charge in [0.1, 0.15) is 0 Å². The van der Waals surface area contributed by atoms with Gasteiger partial charge >= 0.3 is 0 Å². The van der Waals surface area contributed by atoms with Crippen molar-refractivity contribution in [1.29, 1.82) is 5.26 Å². The predicted octanol–water partition coefficient (Wildman–Crippen LogP) is 4.45. The number of nitrogens with one attached hydrogen (secondary N) is 1. The molecule has 0 saturated heterocycles. The zero-order valence-corrected chi connectivity index (χ0v) is 12.8. The Hall–Kier alpha value is -1.82. The number of carbonyl (C=O) groups excluding carboxylic acids is 1. The molecule has 1 rings (SSSR count). The first-order valence-electron chi connectivity index (χ1n) is 8.05. The van der Waals surface area contributed by atoms with Crippen LogP contribution in [-0.2, 0) is 0 Å². The number of benzene rings is 1. The van der Waals surface area contributed by atoms with Crippen molar-refractivity contribution in [2.45, 2.75) is 57.8 Å². The van der Waals surface area contributed by atoms with Crippen LogP contribution in [0, 0.1) is 11.3 Å². The molecule has 0 spiro atoms. The standard InChI is InChI=1S/C18H26N2O/c19-15-11-6-4-2-1-3-5-7-12-16-20-18(21)17-13-9-8-10-14-17/h8-10,13-14H,1-7,11-12,16H2,(H,20,21). The van der Waals surface area contributed by atoms with Crippen molar-refractivity contribution in [2.75, 3.05) is 6.54 Å². The number of hydrogen-bond acceptors (Lipinski definition) is 2. The van der Waals surface area contributed by atoms with Crippen molar-refractivity contribution in [1.82, 2.24) is 5.32 Å². The Morgan fingerprint density at radius 1 is 0.905 bits per heavy atom. The van der Waals surface area contributed by atoms with Gasteiger partial charge < -0.3 is 5.32 Å². The first-order valence-corrected chi connectivity index (χ1v) is 8.05. The topological polar surface area (TPSA) is 52.9 Å². The molecule has 114 valence electrons. The summed E-state index contributed by atoms with van der Waals surface area (Å²) in [5, 5.41) is 11.4. The number of nitriles is 1. The molecule has 0 heterocycles. The number of carbonyl (C=O) groups is 1. The predicted molar refractivity (Wildman–Crippen MR) is 85.9 cm³/mol. The average Bonchev–Trinajstić information content (AvgIpc) is 2.53. The lowest BCUT2D eigenvalue weighted by molar-refractivity contribution is 0.0953. The number of hydrogen-bond donors (Lipinski definition) is 1. The zero-order valence-electron chi connectivity index (χ0n) is 12.8. The van der Waals surface area contributed by atoms with E-state index in [4.69, 9.17) is 5.26 Å². The van der Waals surface area contributed by atoms with Gasteiger partial charge in [-0.15, -0.1) is 0 Å². The van der Waals surface area contributed by atoms with Crippen molar-refractivity contribution >= 4 is 5.91 Å². The van der Waals surface area contributed by atoms with Gasteiger partial charge in [-0.1, -0.05) is 56.7 Å². The third-order valence-electron chi connectivity index (χ3n) is 3.54. The quantitative estimate of drug-likeness (QED) is 0.611. The summed E-state index contributed by atoms with van der Waals surface area (Å²) in [5.74, 6) is 0.0214. The van der Waals surface area contributed by atoms with Gasteiger partial charge in [0.2, 0.25) is 0 Å². The summed E-state index contributed by atoms with van der Waals surface area (Å²) in [7, 11) is 0. The lowest BCUT2D eigenvalue weighted by atomic mass is 10.1. The van der Waals surface area contributed by atoms with E-state index < -0.39 is 0 Å². The van der Waals surface area contributed by atoms with E-state index in [-0.39, 0.29) is 5.91 Å². The summed E-state index contributed by atoms with van der Waals surface area (Å²) < 4.78 is 0. The molecule has 0 radical (unpaired) electrons. The highest BCUT2D eigenvalue weighted by molar-refractivity contribution is 5.94. The van der Waals surface area contributed by atoms with E-state index in [1.54, 1.807) is 0 Å². The van der Waals surface area contributed by atoms with Crippen LogP contribution in [-0.4, -0.2) is 12.5 Å². The van der Waals surface area contributed by atoms with Crippen LogP contribution in [0.3, 0.4) is 0 Å². The normalized spacial score (nSPS) is 10.0. The molecule has 0 fully saturated rings. The van der Waals surface area contributed by atoms with E-state index in [0.29, 0.717) is 6.42 Å². The summed E-state index contributed by atoms with van der Waals surface area (Å²) in [5.41, 5.74) is 0.731. The molecule has 0 bridgehead atoms. The maximum absolute atomic E-state index is 11.8. The highest BCUT2D eigenvalue weighted by Gasteiger charge is 2.02. The molecule has 0 aromatic heterocycles. The molecule has 0 atom stereocenters. The van der Waals surface area contributed by atoms with E-state index in [0.717, 1.165) is 24.9 Å². The maximum Gasteiger partial charge on any atom is 0.251 e. The summed E-state index contributed by atoms with van der Waals surface area (Å²) in [6.45, 7) is 0.760. The van der Waals surface area contributed by atoms with Gasteiger partial charge in [-0.05, 0) is 25.0 Å². The molecule has 21 heavy (non-hydrogen) atoms. The Morgan fingerprint density at radius 2 is 1.48 bits per heavy atom. The van der Waals surface area contributed by atoms with Crippen LogP contribution in [0.5, 0.6) is 0 Å². The van der Waals surface area contributed by atoms with E-state index in [1.807, 2.05) is 30.3 Å². The van der Waals surface area contributed by atoms with Crippen molar-refractivity contribution in [3.8, 4) is 6.07 Å². The van der Waals surface area contributed by atoms with Crippen LogP contribution in [0.15, 0.2) is 30.3 Å². The second kappa shape index (κ2) is 12.0. The Labute approximate surface area is 128 Å². The second-order valence-corrected chi connectivity index (χ2v) is 5.36. The minimum atomic E-state index is 0.0214. The highest BCUT2D eigenvalue weighted by Crippen LogP contribution is 2.09. The molecule has 1 aromatic rings. The van der Waals surface area contributed by atoms with E-state index in [2.05, 4.69) is 11.4 Å². The number of rotatable bonds is 11. The smallest absolute Gasteiger partial charge is 0.251 e. The van der Waals surface area contributed by atoms with E-state index in [1.165, 1.54) is 38.5 Å². The summed E-state index contributed by atoms with van der Waals surface area (Å²) in [4.78, 5) is 11.8. The third-order valence-corrected chi connectivity index (χ3v) is 3.54. The monoisotopic (exact) mass is 286 g/mol.